The van der Waals surface area contributed by atoms with Gasteiger partial charge < -0.3 is 17.8 Å². The quantitative estimate of drug-likeness (QED) is 0.602. The lowest BCUT2D eigenvalue weighted by Gasteiger charge is -2.28. The van der Waals surface area contributed by atoms with E-state index < -0.39 is 13.4 Å². The minimum Gasteiger partial charge on any atom is -0.448 e. The largest absolute Gasteiger partial charge is 0.492 e. The molecule has 1 unspecified atom stereocenters. The van der Waals surface area contributed by atoms with E-state index in [4.69, 9.17) is 0 Å². The highest BCUT2D eigenvalue weighted by Crippen LogP contribution is 2.22. The standard InChI is InChI=1S/C7H14BF3N/c1-2-7-4-3-5-12(7)6-8(9,10)11/h7H,2-6H2,1H3/q-1. The Kier molecular flexibility index (Phi) is 3.04. The molecule has 0 bridgehead atoms. The smallest absolute Gasteiger partial charge is 0.448 e. The zero-order chi connectivity index (χ0) is 9.19. The molecule has 0 amide bonds. The Morgan fingerprint density at radius 3 is 2.58 bits per heavy atom. The van der Waals surface area contributed by atoms with Crippen LogP contribution in [0.1, 0.15) is 26.2 Å². The van der Waals surface area contributed by atoms with Crippen molar-refractivity contribution in [2.75, 3.05) is 13.0 Å². The molecule has 1 aliphatic heterocycles. The zero-order valence-electron chi connectivity index (χ0n) is 7.27. The summed E-state index contributed by atoms with van der Waals surface area (Å²) in [6.07, 6.45) is 2.03. The van der Waals surface area contributed by atoms with Crippen LogP contribution < -0.4 is 0 Å². The number of likely N-dealkylation sites (tertiary alicyclic amines) is 1. The van der Waals surface area contributed by atoms with Crippen LogP contribution in [0.25, 0.3) is 0 Å². The van der Waals surface area contributed by atoms with Gasteiger partial charge >= 0.3 is 6.98 Å². The van der Waals surface area contributed by atoms with Crippen molar-refractivity contribution in [3.63, 3.8) is 0 Å². The molecule has 1 nitrogen and oxygen atoms in total. The van der Waals surface area contributed by atoms with Crippen molar-refractivity contribution < 1.29 is 12.9 Å². The van der Waals surface area contributed by atoms with E-state index in [2.05, 4.69) is 0 Å². The van der Waals surface area contributed by atoms with E-state index in [1.807, 2.05) is 6.92 Å². The van der Waals surface area contributed by atoms with Crippen LogP contribution in [0, 0.1) is 0 Å². The first kappa shape index (κ1) is 9.90. The van der Waals surface area contributed by atoms with Gasteiger partial charge in [0.2, 0.25) is 0 Å². The summed E-state index contributed by atoms with van der Waals surface area (Å²) in [5, 5.41) is 0. The highest BCUT2D eigenvalue weighted by Gasteiger charge is 2.31. The first-order valence-electron chi connectivity index (χ1n) is 4.48. The van der Waals surface area contributed by atoms with Crippen LogP contribution in [0.2, 0.25) is 0 Å². The molecule has 5 heteroatoms. The first-order valence-corrected chi connectivity index (χ1v) is 4.48. The Balaban J connectivity index is 2.41. The maximum absolute atomic E-state index is 12.0. The summed E-state index contributed by atoms with van der Waals surface area (Å²) in [5.74, 6) is 0. The minimum atomic E-state index is -4.63. The summed E-state index contributed by atoms with van der Waals surface area (Å²) >= 11 is 0. The predicted octanol–water partition coefficient (Wildman–Crippen LogP) is 2.25. The molecular weight excluding hydrogens is 166 g/mol. The third-order valence-corrected chi connectivity index (χ3v) is 2.41. The Hall–Kier alpha value is -0.185. The summed E-state index contributed by atoms with van der Waals surface area (Å²) in [6.45, 7) is -2.05. The van der Waals surface area contributed by atoms with Crippen LogP contribution in [0.4, 0.5) is 12.9 Å². The summed E-state index contributed by atoms with van der Waals surface area (Å²) < 4.78 is 36.1. The maximum Gasteiger partial charge on any atom is 0.492 e. The van der Waals surface area contributed by atoms with Crippen molar-refractivity contribution in [3.05, 3.63) is 0 Å². The second kappa shape index (κ2) is 3.68. The van der Waals surface area contributed by atoms with Crippen molar-refractivity contribution in [1.82, 2.24) is 4.90 Å². The van der Waals surface area contributed by atoms with Gasteiger partial charge in [0.15, 0.2) is 0 Å². The van der Waals surface area contributed by atoms with Crippen molar-refractivity contribution in [2.24, 2.45) is 0 Å². The van der Waals surface area contributed by atoms with E-state index in [9.17, 15) is 12.9 Å². The molecule has 1 atom stereocenters. The van der Waals surface area contributed by atoms with Gasteiger partial charge in [0.25, 0.3) is 0 Å². The molecule has 1 aliphatic rings. The van der Waals surface area contributed by atoms with Gasteiger partial charge in [0.1, 0.15) is 0 Å². The van der Waals surface area contributed by atoms with Crippen molar-refractivity contribution in [3.8, 4) is 0 Å². The van der Waals surface area contributed by atoms with Gasteiger partial charge in [-0.3, -0.25) is 0 Å². The maximum atomic E-state index is 12.0. The monoisotopic (exact) mass is 180 g/mol. The molecule has 0 radical (unpaired) electrons. The first-order chi connectivity index (χ1) is 5.53. The van der Waals surface area contributed by atoms with E-state index in [0.29, 0.717) is 6.54 Å². The second-order valence-corrected chi connectivity index (χ2v) is 3.41. The predicted molar refractivity (Wildman–Crippen MR) is 44.0 cm³/mol. The molecular formula is C7H14BF3N-. The molecule has 1 heterocycles. The highest BCUT2D eigenvalue weighted by atomic mass is 19.4. The van der Waals surface area contributed by atoms with E-state index in [0.717, 1.165) is 19.3 Å². The van der Waals surface area contributed by atoms with E-state index in [1.165, 1.54) is 0 Å². The zero-order valence-corrected chi connectivity index (χ0v) is 7.27. The van der Waals surface area contributed by atoms with Crippen LogP contribution in [0.15, 0.2) is 0 Å². The molecule has 0 aromatic rings. The van der Waals surface area contributed by atoms with E-state index >= 15 is 0 Å². The Labute approximate surface area is 71.0 Å². The van der Waals surface area contributed by atoms with E-state index in [1.54, 1.807) is 4.90 Å². The van der Waals surface area contributed by atoms with Gasteiger partial charge in [-0.25, -0.2) is 0 Å². The van der Waals surface area contributed by atoms with Gasteiger partial charge in [0, 0.05) is 6.04 Å². The third kappa shape index (κ3) is 2.70. The second-order valence-electron chi connectivity index (χ2n) is 3.41. The molecule has 0 aliphatic carbocycles. The number of rotatable bonds is 3. The van der Waals surface area contributed by atoms with Gasteiger partial charge in [-0.15, -0.1) is 0 Å². The number of halogens is 3. The molecule has 0 saturated carbocycles. The third-order valence-electron chi connectivity index (χ3n) is 2.41. The van der Waals surface area contributed by atoms with Gasteiger partial charge in [-0.1, -0.05) is 6.92 Å². The van der Waals surface area contributed by atoms with Gasteiger partial charge in [-0.2, -0.15) is 0 Å². The fourth-order valence-corrected chi connectivity index (χ4v) is 1.86. The average Bonchev–Trinajstić information content (AvgIpc) is 2.31. The van der Waals surface area contributed by atoms with Crippen LogP contribution in [0.5, 0.6) is 0 Å². The van der Waals surface area contributed by atoms with Crippen LogP contribution >= 0.6 is 0 Å². The molecule has 72 valence electrons. The Morgan fingerprint density at radius 1 is 1.42 bits per heavy atom. The molecule has 12 heavy (non-hydrogen) atoms. The lowest BCUT2D eigenvalue weighted by Crippen LogP contribution is -2.40. The topological polar surface area (TPSA) is 3.24 Å². The molecule has 0 aromatic heterocycles. The fraction of sp³-hybridized carbons (Fsp3) is 1.00. The van der Waals surface area contributed by atoms with Crippen molar-refractivity contribution in [2.45, 2.75) is 32.2 Å². The van der Waals surface area contributed by atoms with Gasteiger partial charge in [0.05, 0.1) is 0 Å². The molecule has 0 spiro atoms. The highest BCUT2D eigenvalue weighted by molar-refractivity contribution is 6.58. The molecule has 1 saturated heterocycles. The van der Waals surface area contributed by atoms with Crippen LogP contribution in [0.3, 0.4) is 0 Å². The molecule has 1 rings (SSSR count). The van der Waals surface area contributed by atoms with Gasteiger partial charge in [-0.05, 0) is 32.3 Å². The lowest BCUT2D eigenvalue weighted by atomic mass is 9.90. The van der Waals surface area contributed by atoms with Crippen LogP contribution in [-0.2, 0) is 0 Å². The molecule has 1 fully saturated rings. The molecule has 0 aromatic carbocycles. The van der Waals surface area contributed by atoms with Crippen molar-refractivity contribution >= 4 is 6.98 Å². The van der Waals surface area contributed by atoms with E-state index in [-0.39, 0.29) is 6.04 Å². The summed E-state index contributed by atoms with van der Waals surface area (Å²) in [4.78, 5) is 1.57. The SMILES string of the molecule is CCC1CCCN1C[B-](F)(F)F. The minimum absolute atomic E-state index is 0.175. The Morgan fingerprint density at radius 2 is 2.08 bits per heavy atom. The normalized spacial score (nSPS) is 26.5. The molecule has 0 N–H and O–H groups in total. The summed E-state index contributed by atoms with van der Waals surface area (Å²) in [7, 11) is 0. The lowest BCUT2D eigenvalue weighted by molar-refractivity contribution is 0.255. The summed E-state index contributed by atoms with van der Waals surface area (Å²) in [5.41, 5.74) is 0. The fourth-order valence-electron chi connectivity index (χ4n) is 1.86. The summed E-state index contributed by atoms with van der Waals surface area (Å²) in [6, 6.07) is 0.175. The van der Waals surface area contributed by atoms with Crippen LogP contribution in [-0.4, -0.2) is 30.9 Å². The number of nitrogens with zero attached hydrogens (tertiary/aromatic N) is 1. The Bertz CT molecular complexity index is 148. The average molecular weight is 180 g/mol. The number of hydrogen-bond donors (Lipinski definition) is 0. The number of hydrogen-bond acceptors (Lipinski definition) is 1. The van der Waals surface area contributed by atoms with Crippen molar-refractivity contribution in [1.29, 1.82) is 0 Å².